The van der Waals surface area contributed by atoms with Crippen LogP contribution in [0.1, 0.15) is 30.4 Å². The zero-order valence-electron chi connectivity index (χ0n) is 23.1. The Labute approximate surface area is 244 Å². The largest absolute Gasteiger partial charge is 0.492 e. The third-order valence-electron chi connectivity index (χ3n) is 7.76. The van der Waals surface area contributed by atoms with E-state index in [0.29, 0.717) is 55.4 Å². The number of benzene rings is 3. The average Bonchev–Trinajstić information content (AvgIpc) is 3.59. The van der Waals surface area contributed by atoms with Crippen molar-refractivity contribution in [2.45, 2.75) is 42.5 Å². The topological polar surface area (TPSA) is 94.6 Å². The Morgan fingerprint density at radius 2 is 1.67 bits per heavy atom. The maximum absolute atomic E-state index is 13.9. The SMILES string of the molecule is O=C1N(Cc2ccc(OCC[18F])cc2)c2ccc(S(=O)(=O)N3CCC[C@H]3COc3ccccc3)cc2C12OCCCO2. The van der Waals surface area contributed by atoms with Crippen molar-refractivity contribution >= 4 is 21.6 Å². The summed E-state index contributed by atoms with van der Waals surface area (Å²) in [6.07, 6.45) is 2.05. The molecule has 0 aliphatic carbocycles. The predicted octanol–water partition coefficient (Wildman–Crippen LogP) is 4.40. The van der Waals surface area contributed by atoms with Crippen molar-refractivity contribution in [2.75, 3.05) is 44.5 Å². The standard InChI is InChI=1S/C31H33FN2O7S/c32-15-19-38-26-11-9-23(10-12-26)21-33-29-14-13-27(20-28(29)31(30(33)35)40-17-5-18-41-31)42(36,37)34-16-4-6-24(34)22-39-25-7-2-1-3-8-25/h1-3,7-14,20,24H,4-6,15-19,21-22H2/t24-/m0/s1/i32-1. The van der Waals surface area contributed by atoms with E-state index in [1.54, 1.807) is 35.2 Å². The third-order valence-corrected chi connectivity index (χ3v) is 9.71. The van der Waals surface area contributed by atoms with Crippen LogP contribution in [-0.2, 0) is 36.6 Å². The van der Waals surface area contributed by atoms with E-state index >= 15 is 0 Å². The van der Waals surface area contributed by atoms with Crippen LogP contribution in [0.15, 0.2) is 77.7 Å². The molecule has 0 bridgehead atoms. The summed E-state index contributed by atoms with van der Waals surface area (Å²) in [6, 6.07) is 20.8. The van der Waals surface area contributed by atoms with Crippen molar-refractivity contribution in [3.05, 3.63) is 83.9 Å². The highest BCUT2D eigenvalue weighted by atomic mass is 32.2. The molecule has 0 N–H and O–H groups in total. The second kappa shape index (κ2) is 12.0. The number of rotatable bonds is 10. The predicted molar refractivity (Wildman–Crippen MR) is 153 cm³/mol. The van der Waals surface area contributed by atoms with Crippen LogP contribution in [0.25, 0.3) is 0 Å². The maximum atomic E-state index is 13.9. The van der Waals surface area contributed by atoms with Crippen LogP contribution >= 0.6 is 0 Å². The average molecular weight is 596 g/mol. The van der Waals surface area contributed by atoms with Crippen LogP contribution in [0.3, 0.4) is 0 Å². The molecule has 3 aliphatic rings. The lowest BCUT2D eigenvalue weighted by Gasteiger charge is -2.32. The van der Waals surface area contributed by atoms with Gasteiger partial charge in [0.25, 0.3) is 11.7 Å². The first-order valence-corrected chi connectivity index (χ1v) is 15.6. The van der Waals surface area contributed by atoms with Crippen molar-refractivity contribution in [3.8, 4) is 11.5 Å². The molecule has 3 heterocycles. The van der Waals surface area contributed by atoms with E-state index in [1.165, 1.54) is 16.4 Å². The van der Waals surface area contributed by atoms with Gasteiger partial charge in [0.2, 0.25) is 10.0 Å². The Hall–Kier alpha value is -3.51. The number of para-hydroxylation sites is 1. The lowest BCUT2D eigenvalue weighted by molar-refractivity contribution is -0.256. The van der Waals surface area contributed by atoms with Gasteiger partial charge < -0.3 is 23.8 Å². The van der Waals surface area contributed by atoms with Crippen molar-refractivity contribution in [1.29, 1.82) is 0 Å². The number of alkyl halides is 1. The first-order valence-electron chi connectivity index (χ1n) is 14.1. The summed E-state index contributed by atoms with van der Waals surface area (Å²) < 4.78 is 65.1. The number of nitrogens with zero attached hydrogens (tertiary/aromatic N) is 2. The third kappa shape index (κ3) is 5.37. The number of sulfonamides is 1. The van der Waals surface area contributed by atoms with E-state index in [2.05, 4.69) is 0 Å². The van der Waals surface area contributed by atoms with Crippen molar-refractivity contribution in [1.82, 2.24) is 4.31 Å². The fourth-order valence-corrected chi connectivity index (χ4v) is 7.42. The molecule has 6 rings (SSSR count). The summed E-state index contributed by atoms with van der Waals surface area (Å²) in [4.78, 5) is 15.5. The van der Waals surface area contributed by atoms with Crippen molar-refractivity contribution in [3.63, 3.8) is 0 Å². The Bertz CT molecular complexity index is 1510. The van der Waals surface area contributed by atoms with E-state index in [4.69, 9.17) is 18.9 Å². The fourth-order valence-electron chi connectivity index (χ4n) is 5.71. The molecule has 1 atom stereocenters. The van der Waals surface area contributed by atoms with Gasteiger partial charge in [-0.25, -0.2) is 12.8 Å². The molecule has 0 aromatic heterocycles. The second-order valence-corrected chi connectivity index (χ2v) is 12.3. The van der Waals surface area contributed by atoms with Gasteiger partial charge in [-0.1, -0.05) is 30.3 Å². The summed E-state index contributed by atoms with van der Waals surface area (Å²) in [5.74, 6) is -0.887. The highest BCUT2D eigenvalue weighted by Gasteiger charge is 2.55. The summed E-state index contributed by atoms with van der Waals surface area (Å²) in [7, 11) is -3.90. The van der Waals surface area contributed by atoms with Gasteiger partial charge in [0, 0.05) is 12.1 Å². The van der Waals surface area contributed by atoms with Crippen LogP contribution < -0.4 is 14.4 Å². The van der Waals surface area contributed by atoms with Crippen LogP contribution in [0, 0.1) is 0 Å². The molecule has 3 aromatic rings. The summed E-state index contributed by atoms with van der Waals surface area (Å²) in [5.41, 5.74) is 1.72. The molecule has 1 amide bonds. The van der Waals surface area contributed by atoms with Gasteiger partial charge in [0.15, 0.2) is 0 Å². The van der Waals surface area contributed by atoms with Crippen LogP contribution in [0.2, 0.25) is 0 Å². The number of hydrogen-bond donors (Lipinski definition) is 0. The molecule has 2 fully saturated rings. The summed E-state index contributed by atoms with van der Waals surface area (Å²) in [5, 5.41) is 0. The minimum Gasteiger partial charge on any atom is -0.492 e. The van der Waals surface area contributed by atoms with E-state index in [0.717, 1.165) is 12.0 Å². The number of amides is 1. The van der Waals surface area contributed by atoms with E-state index < -0.39 is 28.4 Å². The fraction of sp³-hybridized carbons (Fsp3) is 0.387. The molecule has 3 aliphatic heterocycles. The molecule has 0 saturated carbocycles. The molecule has 0 unspecified atom stereocenters. The van der Waals surface area contributed by atoms with Crippen LogP contribution in [0.4, 0.5) is 10.1 Å². The molecule has 3 aromatic carbocycles. The zero-order valence-corrected chi connectivity index (χ0v) is 23.9. The van der Waals surface area contributed by atoms with Crippen LogP contribution in [-0.4, -0.2) is 64.3 Å². The molecular formula is C31H33FN2O7S. The summed E-state index contributed by atoms with van der Waals surface area (Å²) >= 11 is 0. The molecule has 9 nitrogen and oxygen atoms in total. The Balaban J connectivity index is 1.28. The molecule has 1 spiro atoms. The molecule has 42 heavy (non-hydrogen) atoms. The Morgan fingerprint density at radius 1 is 0.929 bits per heavy atom. The molecule has 0 radical (unpaired) electrons. The number of hydrogen-bond acceptors (Lipinski definition) is 7. The van der Waals surface area contributed by atoms with Crippen LogP contribution in [0.5, 0.6) is 11.5 Å². The monoisotopic (exact) mass is 595 g/mol. The van der Waals surface area contributed by atoms with Crippen molar-refractivity contribution in [2.24, 2.45) is 0 Å². The van der Waals surface area contributed by atoms with Gasteiger partial charge in [0.05, 0.1) is 36.4 Å². The first-order chi connectivity index (χ1) is 20.4. The quantitative estimate of drug-likeness (QED) is 0.343. The molecule has 11 heteroatoms. The number of fused-ring (bicyclic) bond motifs is 2. The van der Waals surface area contributed by atoms with Crippen molar-refractivity contribution < 1.29 is 36.6 Å². The second-order valence-electron chi connectivity index (χ2n) is 10.5. The number of carbonyl (C=O) groups is 1. The molecule has 222 valence electrons. The minimum absolute atomic E-state index is 0.0298. The minimum atomic E-state index is -3.90. The van der Waals surface area contributed by atoms with Gasteiger partial charge in [-0.05, 0) is 67.3 Å². The smallest absolute Gasteiger partial charge is 0.292 e. The highest BCUT2D eigenvalue weighted by Crippen LogP contribution is 2.47. The number of anilines is 1. The normalized spacial score (nSPS) is 20.2. The zero-order chi connectivity index (χ0) is 29.2. The van der Waals surface area contributed by atoms with E-state index in [9.17, 15) is 17.6 Å². The highest BCUT2D eigenvalue weighted by molar-refractivity contribution is 7.89. The lowest BCUT2D eigenvalue weighted by Crippen LogP contribution is -2.47. The van der Waals surface area contributed by atoms with Gasteiger partial charge >= 0.3 is 0 Å². The van der Waals surface area contributed by atoms with E-state index in [-0.39, 0.29) is 30.7 Å². The van der Waals surface area contributed by atoms with Gasteiger partial charge in [-0.15, -0.1) is 0 Å². The van der Waals surface area contributed by atoms with E-state index in [1.807, 2.05) is 30.3 Å². The molecule has 2 saturated heterocycles. The number of ether oxygens (including phenoxy) is 4. The molecular weight excluding hydrogens is 562 g/mol. The Kier molecular flexibility index (Phi) is 8.17. The van der Waals surface area contributed by atoms with Gasteiger partial charge in [-0.3, -0.25) is 4.79 Å². The van der Waals surface area contributed by atoms with Gasteiger partial charge in [0.1, 0.15) is 31.4 Å². The summed E-state index contributed by atoms with van der Waals surface area (Å²) in [6.45, 7) is 0.841. The van der Waals surface area contributed by atoms with Gasteiger partial charge in [-0.2, -0.15) is 4.31 Å². The Morgan fingerprint density at radius 3 is 2.40 bits per heavy atom. The lowest BCUT2D eigenvalue weighted by atomic mass is 10.1. The number of halogens is 1. The first kappa shape index (κ1) is 28.6. The number of carbonyl (C=O) groups excluding carboxylic acids is 1. The maximum Gasteiger partial charge on any atom is 0.292 e.